The zero-order chi connectivity index (χ0) is 16.4. The number of nitrogens with zero attached hydrogens (tertiary/aromatic N) is 2. The molecule has 3 rings (SSSR count). The molecule has 1 aliphatic heterocycles. The van der Waals surface area contributed by atoms with Crippen molar-refractivity contribution in [3.8, 4) is 5.75 Å². The average molecular weight is 330 g/mol. The largest absolute Gasteiger partial charge is 0.490 e. The molecule has 23 heavy (non-hydrogen) atoms. The van der Waals surface area contributed by atoms with E-state index >= 15 is 0 Å². The highest BCUT2D eigenvalue weighted by Crippen LogP contribution is 2.29. The molecule has 0 amide bonds. The third-order valence-electron chi connectivity index (χ3n) is 3.09. The Morgan fingerprint density at radius 1 is 1.39 bits per heavy atom. The van der Waals surface area contributed by atoms with Gasteiger partial charge in [-0.1, -0.05) is 0 Å². The van der Waals surface area contributed by atoms with Gasteiger partial charge in [-0.05, 0) is 40.6 Å². The molecule has 2 heterocycles. The smallest absolute Gasteiger partial charge is 0.363 e. The lowest BCUT2D eigenvalue weighted by Gasteiger charge is -2.03. The number of carbonyl (C=O) groups is 1. The number of methoxy groups -OCH3 is 1. The van der Waals surface area contributed by atoms with Crippen LogP contribution in [0.4, 0.5) is 5.69 Å². The summed E-state index contributed by atoms with van der Waals surface area (Å²) in [7, 11) is 1.34. The summed E-state index contributed by atoms with van der Waals surface area (Å²) in [4.78, 5) is 26.5. The lowest BCUT2D eigenvalue weighted by Crippen LogP contribution is -2.06. The molecule has 0 N–H and O–H groups in total. The lowest BCUT2D eigenvalue weighted by molar-refractivity contribution is -0.385. The molecule has 8 heteroatoms. The maximum Gasteiger partial charge on any atom is 0.363 e. The van der Waals surface area contributed by atoms with Crippen LogP contribution in [-0.2, 0) is 9.53 Å². The number of hydrogen-bond acceptors (Lipinski definition) is 7. The van der Waals surface area contributed by atoms with Crippen molar-refractivity contribution in [1.29, 1.82) is 0 Å². The highest BCUT2D eigenvalue weighted by molar-refractivity contribution is 7.08. The van der Waals surface area contributed by atoms with Crippen LogP contribution in [0.15, 0.2) is 45.7 Å². The second kappa shape index (κ2) is 6.01. The Balaban J connectivity index is 1.98. The molecular formula is C15H10N2O5S. The number of nitro groups is 1. The number of nitro benzene ring substituents is 1. The Morgan fingerprint density at radius 3 is 2.87 bits per heavy atom. The van der Waals surface area contributed by atoms with Crippen LogP contribution in [0.25, 0.3) is 6.08 Å². The highest BCUT2D eigenvalue weighted by atomic mass is 32.1. The minimum atomic E-state index is -0.593. The molecule has 0 saturated heterocycles. The first-order valence-corrected chi connectivity index (χ1v) is 7.40. The molecule has 1 aliphatic rings. The molecule has 0 radical (unpaired) electrons. The van der Waals surface area contributed by atoms with Gasteiger partial charge in [-0.3, -0.25) is 10.1 Å². The van der Waals surface area contributed by atoms with E-state index in [-0.39, 0.29) is 23.0 Å². The second-order valence-electron chi connectivity index (χ2n) is 4.54. The Bertz CT molecular complexity index is 840. The maximum absolute atomic E-state index is 11.9. The number of carbonyl (C=O) groups excluding carboxylic acids is 1. The number of hydrogen-bond donors (Lipinski definition) is 0. The first-order chi connectivity index (χ1) is 11.1. The summed E-state index contributed by atoms with van der Waals surface area (Å²) in [5.74, 6) is -0.440. The van der Waals surface area contributed by atoms with Crippen LogP contribution in [0.3, 0.4) is 0 Å². The van der Waals surface area contributed by atoms with Crippen molar-refractivity contribution in [3.63, 3.8) is 0 Å². The molecular weight excluding hydrogens is 320 g/mol. The van der Waals surface area contributed by atoms with Gasteiger partial charge in [0.05, 0.1) is 12.0 Å². The summed E-state index contributed by atoms with van der Waals surface area (Å²) in [6.07, 6.45) is 1.60. The van der Waals surface area contributed by atoms with Gasteiger partial charge in [0.2, 0.25) is 5.90 Å². The van der Waals surface area contributed by atoms with Gasteiger partial charge in [0.15, 0.2) is 11.4 Å². The monoisotopic (exact) mass is 330 g/mol. The second-order valence-corrected chi connectivity index (χ2v) is 5.32. The summed E-state index contributed by atoms with van der Waals surface area (Å²) in [6, 6.07) is 6.09. The van der Waals surface area contributed by atoms with Gasteiger partial charge in [0.25, 0.3) is 0 Å². The van der Waals surface area contributed by atoms with E-state index in [1.807, 2.05) is 16.8 Å². The summed E-state index contributed by atoms with van der Waals surface area (Å²) < 4.78 is 10.0. The molecule has 7 nitrogen and oxygen atoms in total. The van der Waals surface area contributed by atoms with Crippen molar-refractivity contribution < 1.29 is 19.2 Å². The fourth-order valence-electron chi connectivity index (χ4n) is 2.01. The van der Waals surface area contributed by atoms with Crippen LogP contribution in [-0.4, -0.2) is 23.9 Å². The Kier molecular flexibility index (Phi) is 3.90. The third kappa shape index (κ3) is 2.97. The summed E-state index contributed by atoms with van der Waals surface area (Å²) in [6.45, 7) is 0. The maximum atomic E-state index is 11.9. The van der Waals surface area contributed by atoms with E-state index in [2.05, 4.69) is 4.99 Å². The number of thiophene rings is 1. The molecule has 0 spiro atoms. The number of rotatable bonds is 4. The number of benzene rings is 1. The minimum Gasteiger partial charge on any atom is -0.490 e. The van der Waals surface area contributed by atoms with E-state index in [4.69, 9.17) is 9.47 Å². The molecule has 0 aliphatic carbocycles. The van der Waals surface area contributed by atoms with Crippen molar-refractivity contribution in [2.24, 2.45) is 4.99 Å². The van der Waals surface area contributed by atoms with Crippen LogP contribution in [0.1, 0.15) is 11.1 Å². The predicted octanol–water partition coefficient (Wildman–Crippen LogP) is 3.01. The Labute approximate surface area is 134 Å². The van der Waals surface area contributed by atoms with E-state index in [1.165, 1.54) is 30.6 Å². The topological polar surface area (TPSA) is 91.0 Å². The quantitative estimate of drug-likeness (QED) is 0.372. The Hall–Kier alpha value is -3.00. The van der Waals surface area contributed by atoms with E-state index < -0.39 is 10.9 Å². The molecule has 2 aromatic rings. The fraction of sp³-hybridized carbons (Fsp3) is 0.0667. The Morgan fingerprint density at radius 2 is 2.22 bits per heavy atom. The standard InChI is InChI=1S/C15H10N2O5S/c1-21-13-3-2-10(7-12(13)17(19)20)14-16-11(15(18)22-14)6-9-4-5-23-8-9/h2-8H,1H3/b11-6+. The van der Waals surface area contributed by atoms with Gasteiger partial charge >= 0.3 is 11.7 Å². The molecule has 1 aromatic heterocycles. The number of aliphatic imine (C=N–C) groups is 1. The molecule has 0 atom stereocenters. The van der Waals surface area contributed by atoms with E-state index in [1.54, 1.807) is 12.1 Å². The summed E-state index contributed by atoms with van der Waals surface area (Å²) in [5.41, 5.74) is 1.10. The van der Waals surface area contributed by atoms with Gasteiger partial charge in [-0.2, -0.15) is 11.3 Å². The van der Waals surface area contributed by atoms with Gasteiger partial charge in [0.1, 0.15) is 0 Å². The van der Waals surface area contributed by atoms with Gasteiger partial charge in [-0.15, -0.1) is 0 Å². The zero-order valence-corrected chi connectivity index (χ0v) is 12.7. The molecule has 0 saturated carbocycles. The normalized spacial score (nSPS) is 15.4. The lowest BCUT2D eigenvalue weighted by atomic mass is 10.2. The van der Waals surface area contributed by atoms with Gasteiger partial charge < -0.3 is 9.47 Å². The minimum absolute atomic E-state index is 0.0298. The van der Waals surface area contributed by atoms with Crippen LogP contribution in [0.5, 0.6) is 5.75 Å². The first kappa shape index (κ1) is 14.9. The van der Waals surface area contributed by atoms with Crippen LogP contribution in [0.2, 0.25) is 0 Å². The third-order valence-corrected chi connectivity index (χ3v) is 3.79. The van der Waals surface area contributed by atoms with Crippen LogP contribution < -0.4 is 4.74 Å². The van der Waals surface area contributed by atoms with Crippen LogP contribution in [0, 0.1) is 10.1 Å². The molecule has 0 bridgehead atoms. The number of esters is 1. The molecule has 116 valence electrons. The molecule has 0 fully saturated rings. The van der Waals surface area contributed by atoms with Crippen molar-refractivity contribution in [2.45, 2.75) is 0 Å². The van der Waals surface area contributed by atoms with E-state index in [9.17, 15) is 14.9 Å². The summed E-state index contributed by atoms with van der Waals surface area (Å²) in [5, 5.41) is 14.8. The fourth-order valence-corrected chi connectivity index (χ4v) is 2.63. The van der Waals surface area contributed by atoms with E-state index in [0.717, 1.165) is 5.56 Å². The first-order valence-electron chi connectivity index (χ1n) is 6.46. The number of ether oxygens (including phenoxy) is 2. The molecule has 0 unspecified atom stereocenters. The van der Waals surface area contributed by atoms with Gasteiger partial charge in [0, 0.05) is 11.6 Å². The van der Waals surface area contributed by atoms with Crippen molar-refractivity contribution in [2.75, 3.05) is 7.11 Å². The van der Waals surface area contributed by atoms with E-state index in [0.29, 0.717) is 5.56 Å². The van der Waals surface area contributed by atoms with Crippen molar-refractivity contribution >= 4 is 35.0 Å². The zero-order valence-electron chi connectivity index (χ0n) is 11.9. The average Bonchev–Trinajstić information content (AvgIpc) is 3.17. The van der Waals surface area contributed by atoms with Gasteiger partial charge in [-0.25, -0.2) is 9.79 Å². The summed E-state index contributed by atoms with van der Waals surface area (Å²) >= 11 is 1.50. The number of cyclic esters (lactones) is 1. The SMILES string of the molecule is COc1ccc(C2=N/C(=C/c3ccsc3)C(=O)O2)cc1[N+](=O)[O-]. The van der Waals surface area contributed by atoms with Crippen molar-refractivity contribution in [3.05, 3.63) is 62.0 Å². The van der Waals surface area contributed by atoms with Crippen LogP contribution >= 0.6 is 11.3 Å². The molecule has 1 aromatic carbocycles. The van der Waals surface area contributed by atoms with Crippen molar-refractivity contribution in [1.82, 2.24) is 0 Å². The highest BCUT2D eigenvalue weighted by Gasteiger charge is 2.26. The predicted molar refractivity (Wildman–Crippen MR) is 84.6 cm³/mol.